The fourth-order valence-electron chi connectivity index (χ4n) is 1.73. The van der Waals surface area contributed by atoms with Crippen LogP contribution in [0.3, 0.4) is 0 Å². The van der Waals surface area contributed by atoms with E-state index in [0.29, 0.717) is 5.56 Å². The van der Waals surface area contributed by atoms with Gasteiger partial charge >= 0.3 is 5.69 Å². The van der Waals surface area contributed by atoms with Crippen molar-refractivity contribution >= 4 is 0 Å². The normalized spacial score (nSPS) is 28.5. The third kappa shape index (κ3) is 2.04. The van der Waals surface area contributed by atoms with E-state index < -0.39 is 23.3 Å². The molecule has 2 atom stereocenters. The molecule has 2 rings (SSSR count). The van der Waals surface area contributed by atoms with Gasteiger partial charge in [-0.1, -0.05) is 0 Å². The molecule has 1 aromatic heterocycles. The molecule has 1 aromatic rings. The maximum atomic E-state index is 11.7. The van der Waals surface area contributed by atoms with Crippen LogP contribution in [0.5, 0.6) is 0 Å². The van der Waals surface area contributed by atoms with Gasteiger partial charge in [-0.25, -0.2) is 4.79 Å². The van der Waals surface area contributed by atoms with Crippen LogP contribution in [0.2, 0.25) is 0 Å². The van der Waals surface area contributed by atoms with E-state index in [4.69, 9.17) is 14.6 Å². The Balaban J connectivity index is 2.44. The highest BCUT2D eigenvalue weighted by Crippen LogP contribution is 2.26. The topological polar surface area (TPSA) is 93.6 Å². The van der Waals surface area contributed by atoms with Gasteiger partial charge in [0.2, 0.25) is 0 Å². The number of nitrogens with one attached hydrogen (secondary N) is 1. The lowest BCUT2D eigenvalue weighted by molar-refractivity contribution is -0.134. The number of hydrogen-bond acceptors (Lipinski definition) is 5. The number of nitrogens with zero attached hydrogens (tertiary/aromatic N) is 1. The van der Waals surface area contributed by atoms with Crippen molar-refractivity contribution in [3.8, 4) is 0 Å². The minimum absolute atomic E-state index is 0.129. The average molecular weight is 242 g/mol. The third-order valence-electron chi connectivity index (χ3n) is 2.70. The summed E-state index contributed by atoms with van der Waals surface area (Å²) in [6.45, 7) is 3.09. The number of hydrogen-bond donors (Lipinski definition) is 2. The zero-order valence-electron chi connectivity index (χ0n) is 9.60. The summed E-state index contributed by atoms with van der Waals surface area (Å²) < 4.78 is 11.9. The van der Waals surface area contributed by atoms with Gasteiger partial charge in [0, 0.05) is 11.8 Å². The van der Waals surface area contributed by atoms with E-state index in [2.05, 4.69) is 4.98 Å². The zero-order valence-corrected chi connectivity index (χ0v) is 9.60. The minimum atomic E-state index is -1.01. The lowest BCUT2D eigenvalue weighted by Crippen LogP contribution is -2.44. The molecule has 0 aliphatic carbocycles. The van der Waals surface area contributed by atoms with Crippen LogP contribution in [-0.4, -0.2) is 34.2 Å². The van der Waals surface area contributed by atoms with E-state index >= 15 is 0 Å². The van der Waals surface area contributed by atoms with E-state index in [9.17, 15) is 9.59 Å². The van der Waals surface area contributed by atoms with E-state index in [1.807, 2.05) is 0 Å². The number of H-pyrrole nitrogens is 1. The third-order valence-corrected chi connectivity index (χ3v) is 2.70. The predicted molar refractivity (Wildman–Crippen MR) is 57.6 cm³/mol. The summed E-state index contributed by atoms with van der Waals surface area (Å²) >= 11 is 0. The Morgan fingerprint density at radius 3 is 2.94 bits per heavy atom. The Hall–Kier alpha value is -1.44. The van der Waals surface area contributed by atoms with Crippen molar-refractivity contribution in [1.82, 2.24) is 9.55 Å². The highest BCUT2D eigenvalue weighted by Gasteiger charge is 2.39. The molecule has 1 saturated heterocycles. The first-order valence-electron chi connectivity index (χ1n) is 5.19. The van der Waals surface area contributed by atoms with Crippen molar-refractivity contribution in [3.05, 3.63) is 32.6 Å². The number of aliphatic hydroxyl groups excluding tert-OH is 1. The molecule has 0 bridgehead atoms. The summed E-state index contributed by atoms with van der Waals surface area (Å²) in [6, 6.07) is 0. The number of rotatable bonds is 2. The van der Waals surface area contributed by atoms with E-state index in [-0.39, 0.29) is 13.2 Å². The average Bonchev–Trinajstić information content (AvgIpc) is 2.66. The van der Waals surface area contributed by atoms with Crippen LogP contribution in [0, 0.1) is 6.92 Å². The summed E-state index contributed by atoms with van der Waals surface area (Å²) in [5.74, 6) is 0. The van der Waals surface area contributed by atoms with Crippen molar-refractivity contribution in [2.24, 2.45) is 0 Å². The first kappa shape index (κ1) is 12.0. The quantitative estimate of drug-likeness (QED) is 0.685. The summed E-state index contributed by atoms with van der Waals surface area (Å²) in [7, 11) is 0. The van der Waals surface area contributed by atoms with Gasteiger partial charge in [-0.15, -0.1) is 0 Å². The monoisotopic (exact) mass is 242 g/mol. The molecule has 1 fully saturated rings. The molecule has 7 heteroatoms. The molecule has 0 unspecified atom stereocenters. The molecule has 0 radical (unpaired) electrons. The van der Waals surface area contributed by atoms with Crippen LogP contribution in [0.1, 0.15) is 12.5 Å². The second-order valence-electron chi connectivity index (χ2n) is 4.16. The lowest BCUT2D eigenvalue weighted by atomic mass is 10.2. The van der Waals surface area contributed by atoms with Crippen molar-refractivity contribution in [2.75, 3.05) is 13.2 Å². The smallest absolute Gasteiger partial charge is 0.330 e. The van der Waals surface area contributed by atoms with Gasteiger partial charge in [-0.05, 0) is 13.8 Å². The van der Waals surface area contributed by atoms with Crippen molar-refractivity contribution in [2.45, 2.75) is 25.9 Å². The number of aromatic nitrogens is 2. The van der Waals surface area contributed by atoms with E-state index in [0.717, 1.165) is 0 Å². The molecule has 94 valence electrons. The second kappa shape index (κ2) is 4.10. The van der Waals surface area contributed by atoms with Gasteiger partial charge < -0.3 is 14.6 Å². The highest BCUT2D eigenvalue weighted by atomic mass is 16.7. The Kier molecular flexibility index (Phi) is 2.90. The number of ether oxygens (including phenoxy) is 2. The minimum Gasteiger partial charge on any atom is -0.391 e. The lowest BCUT2D eigenvalue weighted by Gasteiger charge is -2.24. The maximum absolute atomic E-state index is 11.7. The molecule has 7 nitrogen and oxygen atoms in total. The molecule has 0 spiro atoms. The van der Waals surface area contributed by atoms with Gasteiger partial charge in [0.15, 0.2) is 12.0 Å². The van der Waals surface area contributed by atoms with Gasteiger partial charge in [0.05, 0.1) is 13.2 Å². The fourth-order valence-corrected chi connectivity index (χ4v) is 1.73. The summed E-state index contributed by atoms with van der Waals surface area (Å²) in [6.07, 6.45) is 0.670. The molecule has 0 amide bonds. The number of aryl methyl sites for hydroxylation is 1. The summed E-state index contributed by atoms with van der Waals surface area (Å²) in [4.78, 5) is 25.1. The predicted octanol–water partition coefficient (Wildman–Crippen LogP) is -1.12. The van der Waals surface area contributed by atoms with Crippen LogP contribution in [-0.2, 0) is 15.2 Å². The molecular weight excluding hydrogens is 228 g/mol. The number of aliphatic hydroxyl groups is 1. The Bertz CT molecular complexity index is 534. The Morgan fingerprint density at radius 2 is 2.35 bits per heavy atom. The molecule has 2 heterocycles. The van der Waals surface area contributed by atoms with Gasteiger partial charge in [-0.3, -0.25) is 14.3 Å². The van der Waals surface area contributed by atoms with Crippen molar-refractivity contribution < 1.29 is 14.6 Å². The molecular formula is C10H14N2O5. The molecule has 17 heavy (non-hydrogen) atoms. The first-order chi connectivity index (χ1) is 7.96. The fraction of sp³-hybridized carbons (Fsp3) is 0.600. The second-order valence-corrected chi connectivity index (χ2v) is 4.16. The summed E-state index contributed by atoms with van der Waals surface area (Å²) in [5, 5.41) is 8.92. The van der Waals surface area contributed by atoms with Crippen LogP contribution < -0.4 is 11.2 Å². The van der Waals surface area contributed by atoms with Crippen LogP contribution in [0.15, 0.2) is 15.8 Å². The SMILES string of the molecule is Cc1cn([C@@]2(C)CO[C@@H](CO)O2)c(=O)[nH]c1=O. The van der Waals surface area contributed by atoms with Crippen molar-refractivity contribution in [3.63, 3.8) is 0 Å². The Morgan fingerprint density at radius 1 is 1.65 bits per heavy atom. The Labute approximate surface area is 96.6 Å². The van der Waals surface area contributed by atoms with Crippen LogP contribution >= 0.6 is 0 Å². The van der Waals surface area contributed by atoms with Gasteiger partial charge in [0.25, 0.3) is 5.56 Å². The van der Waals surface area contributed by atoms with Gasteiger partial charge in [0.1, 0.15) is 0 Å². The molecule has 1 aliphatic rings. The van der Waals surface area contributed by atoms with E-state index in [1.165, 1.54) is 10.8 Å². The number of aromatic amines is 1. The standard InChI is InChI=1S/C10H14N2O5/c1-6-3-12(9(15)11-8(6)14)10(2)5-16-7(4-13)17-10/h3,7,13H,4-5H2,1-2H3,(H,11,14,15)/t7-,10-/m1/s1. The van der Waals surface area contributed by atoms with Crippen LogP contribution in [0.25, 0.3) is 0 Å². The van der Waals surface area contributed by atoms with Gasteiger partial charge in [-0.2, -0.15) is 0 Å². The van der Waals surface area contributed by atoms with E-state index in [1.54, 1.807) is 13.8 Å². The van der Waals surface area contributed by atoms with Crippen molar-refractivity contribution in [1.29, 1.82) is 0 Å². The van der Waals surface area contributed by atoms with Crippen LogP contribution in [0.4, 0.5) is 0 Å². The molecule has 2 N–H and O–H groups in total. The first-order valence-corrected chi connectivity index (χ1v) is 5.19. The molecule has 0 saturated carbocycles. The summed E-state index contributed by atoms with van der Waals surface area (Å²) in [5.41, 5.74) is -1.60. The largest absolute Gasteiger partial charge is 0.391 e. The molecule has 0 aromatic carbocycles. The molecule has 1 aliphatic heterocycles. The highest BCUT2D eigenvalue weighted by molar-refractivity contribution is 5.03. The maximum Gasteiger partial charge on any atom is 0.330 e. The zero-order chi connectivity index (χ0) is 12.6.